The molecule has 5 rings (SSSR count). The number of halogens is 1. The molecule has 1 aromatic heterocycles. The topological polar surface area (TPSA) is 74.3 Å². The second kappa shape index (κ2) is 11.1. The van der Waals surface area contributed by atoms with Crippen LogP contribution in [-0.4, -0.2) is 41.8 Å². The molecule has 0 atom stereocenters. The average Bonchev–Trinajstić information content (AvgIpc) is 2.94. The van der Waals surface area contributed by atoms with E-state index in [1.54, 1.807) is 31.3 Å². The van der Waals surface area contributed by atoms with Gasteiger partial charge in [0.25, 0.3) is 5.91 Å². The van der Waals surface area contributed by atoms with Gasteiger partial charge in [-0.3, -0.25) is 19.5 Å². The van der Waals surface area contributed by atoms with Crippen molar-refractivity contribution in [1.29, 1.82) is 0 Å². The number of aryl methyl sites for hydroxylation is 1. The molecule has 1 aliphatic rings. The fraction of sp³-hybridized carbons (Fsp3) is 0.258. The molecule has 0 radical (unpaired) electrons. The van der Waals surface area contributed by atoms with Crippen molar-refractivity contribution in [3.63, 3.8) is 0 Å². The number of carbonyl (C=O) groups is 2. The third kappa shape index (κ3) is 5.73. The molecule has 3 aromatic carbocycles. The van der Waals surface area contributed by atoms with Crippen molar-refractivity contribution < 1.29 is 14.0 Å². The lowest BCUT2D eigenvalue weighted by Gasteiger charge is -2.31. The molecule has 194 valence electrons. The van der Waals surface area contributed by atoms with E-state index in [2.05, 4.69) is 32.7 Å². The summed E-state index contributed by atoms with van der Waals surface area (Å²) in [5.41, 5.74) is 5.98. The van der Waals surface area contributed by atoms with E-state index in [9.17, 15) is 14.0 Å². The summed E-state index contributed by atoms with van der Waals surface area (Å²) in [5.74, 6) is -0.234. The summed E-state index contributed by atoms with van der Waals surface area (Å²) in [5, 5.41) is 6.80. The van der Waals surface area contributed by atoms with E-state index >= 15 is 0 Å². The standard InChI is InChI=1S/C31H31FN4O2/c1-20-15-26-16-21(19-36-13-11-25(12-14-36)30(37)33-2)18-34-29(26)17-28(20)35-31(38)24-5-3-22(4-6-24)23-7-9-27(32)10-8-23/h3-10,15-18,25H,11-14,19H2,1-2H3,(H,33,37)(H,35,38). The van der Waals surface area contributed by atoms with Gasteiger partial charge < -0.3 is 10.6 Å². The van der Waals surface area contributed by atoms with Crippen molar-refractivity contribution in [2.75, 3.05) is 25.5 Å². The third-order valence-electron chi connectivity index (χ3n) is 7.27. The zero-order valence-corrected chi connectivity index (χ0v) is 21.6. The number of anilines is 1. The molecular formula is C31H31FN4O2. The number of amides is 2. The first-order valence-electron chi connectivity index (χ1n) is 12.9. The number of hydrogen-bond donors (Lipinski definition) is 2. The molecule has 0 unspecified atom stereocenters. The minimum absolute atomic E-state index is 0.106. The Morgan fingerprint density at radius 3 is 2.29 bits per heavy atom. The summed E-state index contributed by atoms with van der Waals surface area (Å²) in [6.45, 7) is 4.56. The Balaban J connectivity index is 1.25. The molecular weight excluding hydrogens is 479 g/mol. The Bertz CT molecular complexity index is 1460. The number of pyridine rings is 1. The number of nitrogens with one attached hydrogen (secondary N) is 2. The maximum Gasteiger partial charge on any atom is 0.255 e. The van der Waals surface area contributed by atoms with Crippen molar-refractivity contribution in [2.24, 2.45) is 5.92 Å². The molecule has 7 heteroatoms. The molecule has 1 saturated heterocycles. The van der Waals surface area contributed by atoms with Gasteiger partial charge in [0.15, 0.2) is 0 Å². The van der Waals surface area contributed by atoms with Gasteiger partial charge in [-0.2, -0.15) is 0 Å². The van der Waals surface area contributed by atoms with Gasteiger partial charge in [-0.15, -0.1) is 0 Å². The minimum Gasteiger partial charge on any atom is -0.359 e. The van der Waals surface area contributed by atoms with Crippen LogP contribution in [0.3, 0.4) is 0 Å². The lowest BCUT2D eigenvalue weighted by molar-refractivity contribution is -0.125. The summed E-state index contributed by atoms with van der Waals surface area (Å²) in [6, 6.07) is 19.7. The van der Waals surface area contributed by atoms with Crippen molar-refractivity contribution in [2.45, 2.75) is 26.3 Å². The number of hydrogen-bond acceptors (Lipinski definition) is 4. The van der Waals surface area contributed by atoms with Crippen LogP contribution in [0.25, 0.3) is 22.0 Å². The Morgan fingerprint density at radius 1 is 0.974 bits per heavy atom. The normalized spacial score (nSPS) is 14.4. The van der Waals surface area contributed by atoms with Crippen LogP contribution in [0.1, 0.15) is 34.3 Å². The van der Waals surface area contributed by atoms with E-state index < -0.39 is 0 Å². The van der Waals surface area contributed by atoms with E-state index in [4.69, 9.17) is 0 Å². The smallest absolute Gasteiger partial charge is 0.255 e. The van der Waals surface area contributed by atoms with Crippen LogP contribution in [0.2, 0.25) is 0 Å². The minimum atomic E-state index is -0.277. The number of likely N-dealkylation sites (tertiary alicyclic amines) is 1. The van der Waals surface area contributed by atoms with E-state index in [-0.39, 0.29) is 23.5 Å². The van der Waals surface area contributed by atoms with Gasteiger partial charge in [0.05, 0.1) is 5.52 Å². The van der Waals surface area contributed by atoms with Crippen LogP contribution >= 0.6 is 0 Å². The molecule has 6 nitrogen and oxygen atoms in total. The van der Waals surface area contributed by atoms with Crippen molar-refractivity contribution >= 4 is 28.4 Å². The number of aromatic nitrogens is 1. The van der Waals surface area contributed by atoms with Gasteiger partial charge in [0, 0.05) is 42.3 Å². The largest absolute Gasteiger partial charge is 0.359 e. The first kappa shape index (κ1) is 25.5. The molecule has 0 bridgehead atoms. The number of benzene rings is 3. The zero-order chi connectivity index (χ0) is 26.6. The highest BCUT2D eigenvalue weighted by Crippen LogP contribution is 2.26. The quantitative estimate of drug-likeness (QED) is 0.356. The second-order valence-corrected chi connectivity index (χ2v) is 9.91. The lowest BCUT2D eigenvalue weighted by atomic mass is 9.95. The van der Waals surface area contributed by atoms with Gasteiger partial charge in [0.2, 0.25) is 5.91 Å². The summed E-state index contributed by atoms with van der Waals surface area (Å²) < 4.78 is 13.2. The van der Waals surface area contributed by atoms with Crippen LogP contribution in [0.15, 0.2) is 72.9 Å². The molecule has 38 heavy (non-hydrogen) atoms. The lowest BCUT2D eigenvalue weighted by Crippen LogP contribution is -2.39. The Hall–Kier alpha value is -4.10. The monoisotopic (exact) mass is 510 g/mol. The van der Waals surface area contributed by atoms with Crippen LogP contribution < -0.4 is 10.6 Å². The molecule has 1 aliphatic heterocycles. The highest BCUT2D eigenvalue weighted by Gasteiger charge is 2.24. The fourth-order valence-electron chi connectivity index (χ4n) is 5.02. The maximum absolute atomic E-state index is 13.2. The molecule has 4 aromatic rings. The Kier molecular flexibility index (Phi) is 7.47. The molecule has 1 fully saturated rings. The molecule has 2 amide bonds. The second-order valence-electron chi connectivity index (χ2n) is 9.91. The molecule has 0 saturated carbocycles. The summed E-state index contributed by atoms with van der Waals surface area (Å²) in [7, 11) is 1.70. The average molecular weight is 511 g/mol. The van der Waals surface area contributed by atoms with E-state index in [1.807, 2.05) is 31.3 Å². The molecule has 0 aliphatic carbocycles. The predicted octanol–water partition coefficient (Wildman–Crippen LogP) is 5.56. The Labute approximate surface area is 221 Å². The van der Waals surface area contributed by atoms with Crippen molar-refractivity contribution in [3.05, 3.63) is 95.4 Å². The van der Waals surface area contributed by atoms with Crippen LogP contribution in [0.5, 0.6) is 0 Å². The summed E-state index contributed by atoms with van der Waals surface area (Å²) in [6.07, 6.45) is 3.64. The van der Waals surface area contributed by atoms with Gasteiger partial charge in [0.1, 0.15) is 5.82 Å². The van der Waals surface area contributed by atoms with Crippen molar-refractivity contribution in [3.8, 4) is 11.1 Å². The SMILES string of the molecule is CNC(=O)C1CCN(Cc2cnc3cc(NC(=O)c4ccc(-c5ccc(F)cc5)cc4)c(C)cc3c2)CC1. The molecule has 0 spiro atoms. The highest BCUT2D eigenvalue weighted by molar-refractivity contribution is 6.05. The van der Waals surface area contributed by atoms with Crippen LogP contribution in [0, 0.1) is 18.7 Å². The highest BCUT2D eigenvalue weighted by atomic mass is 19.1. The molecule has 2 heterocycles. The third-order valence-corrected chi connectivity index (χ3v) is 7.27. The molecule has 2 N–H and O–H groups in total. The van der Waals surface area contributed by atoms with Crippen LogP contribution in [0.4, 0.5) is 10.1 Å². The maximum atomic E-state index is 13.2. The first-order valence-corrected chi connectivity index (χ1v) is 12.9. The number of rotatable bonds is 6. The number of fused-ring (bicyclic) bond motifs is 1. The van der Waals surface area contributed by atoms with Crippen LogP contribution in [-0.2, 0) is 11.3 Å². The van der Waals surface area contributed by atoms with Gasteiger partial charge in [-0.25, -0.2) is 4.39 Å². The van der Waals surface area contributed by atoms with Gasteiger partial charge >= 0.3 is 0 Å². The predicted molar refractivity (Wildman–Crippen MR) is 148 cm³/mol. The summed E-state index contributed by atoms with van der Waals surface area (Å²) in [4.78, 5) is 31.9. The number of carbonyl (C=O) groups excluding carboxylic acids is 2. The van der Waals surface area contributed by atoms with Gasteiger partial charge in [-0.1, -0.05) is 24.3 Å². The van der Waals surface area contributed by atoms with E-state index in [0.29, 0.717) is 5.56 Å². The van der Waals surface area contributed by atoms with E-state index in [1.165, 1.54) is 12.1 Å². The zero-order valence-electron chi connectivity index (χ0n) is 21.6. The number of nitrogens with zero attached hydrogens (tertiary/aromatic N) is 2. The first-order chi connectivity index (χ1) is 18.4. The Morgan fingerprint density at radius 2 is 1.63 bits per heavy atom. The summed E-state index contributed by atoms with van der Waals surface area (Å²) >= 11 is 0. The van der Waals surface area contributed by atoms with E-state index in [0.717, 1.165) is 71.3 Å². The number of piperidine rings is 1. The van der Waals surface area contributed by atoms with Gasteiger partial charge in [-0.05, 0) is 97.6 Å². The fourth-order valence-corrected chi connectivity index (χ4v) is 5.02. The van der Waals surface area contributed by atoms with Crippen molar-refractivity contribution in [1.82, 2.24) is 15.2 Å².